The highest BCUT2D eigenvalue weighted by molar-refractivity contribution is 5.80. The number of carbonyl (C=O) groups excluding carboxylic acids is 1. The van der Waals surface area contributed by atoms with Crippen molar-refractivity contribution in [2.45, 2.75) is 58.2 Å². The van der Waals surface area contributed by atoms with Gasteiger partial charge in [-0.05, 0) is 57.0 Å². The first-order valence-corrected chi connectivity index (χ1v) is 12.9. The predicted octanol–water partition coefficient (Wildman–Crippen LogP) is 6.64. The average molecular weight is 539 g/mol. The van der Waals surface area contributed by atoms with Crippen molar-refractivity contribution in [3.63, 3.8) is 0 Å². The van der Waals surface area contributed by atoms with Crippen molar-refractivity contribution in [1.82, 2.24) is 14.5 Å². The van der Waals surface area contributed by atoms with E-state index in [1.54, 1.807) is 18.5 Å². The predicted molar refractivity (Wildman–Crippen MR) is 146 cm³/mol. The summed E-state index contributed by atoms with van der Waals surface area (Å²) in [4.78, 5) is 18.3. The van der Waals surface area contributed by atoms with Gasteiger partial charge in [0.25, 0.3) is 0 Å². The Labute approximate surface area is 226 Å². The highest BCUT2D eigenvalue weighted by atomic mass is 19.4. The molecule has 206 valence electrons. The quantitative estimate of drug-likeness (QED) is 0.181. The van der Waals surface area contributed by atoms with Crippen molar-refractivity contribution in [3.8, 4) is 0 Å². The van der Waals surface area contributed by atoms with Crippen molar-refractivity contribution in [1.29, 1.82) is 0 Å². The fourth-order valence-electron chi connectivity index (χ4n) is 4.81. The number of benzene rings is 3. The zero-order valence-corrected chi connectivity index (χ0v) is 22.4. The van der Waals surface area contributed by atoms with E-state index < -0.39 is 18.4 Å². The number of ether oxygens (including phenoxy) is 1. The van der Waals surface area contributed by atoms with Crippen LogP contribution in [0.4, 0.5) is 18.9 Å². The maximum absolute atomic E-state index is 13.1. The molecular weight excluding hydrogens is 505 g/mol. The van der Waals surface area contributed by atoms with Gasteiger partial charge in [-0.25, -0.2) is 9.78 Å². The van der Waals surface area contributed by atoms with E-state index in [2.05, 4.69) is 10.3 Å². The lowest BCUT2D eigenvalue weighted by Gasteiger charge is -2.34. The fraction of sp³-hybridized carbons (Fsp3) is 0.333. The number of alkyl halides is 3. The molecule has 1 unspecified atom stereocenters. The van der Waals surface area contributed by atoms with Crippen LogP contribution in [0.1, 0.15) is 44.9 Å². The third kappa shape index (κ3) is 6.78. The molecule has 4 rings (SSSR count). The van der Waals surface area contributed by atoms with Gasteiger partial charge >= 0.3 is 12.1 Å². The summed E-state index contributed by atoms with van der Waals surface area (Å²) in [6.45, 7) is 7.85. The molecule has 9 heteroatoms. The maximum atomic E-state index is 13.1. The molecule has 0 radical (unpaired) electrons. The van der Waals surface area contributed by atoms with Crippen molar-refractivity contribution in [2.24, 2.45) is 0 Å². The topological polar surface area (TPSA) is 59.4 Å². The second-order valence-corrected chi connectivity index (χ2v) is 10.00. The molecule has 6 nitrogen and oxygen atoms in total. The molecule has 0 aliphatic heterocycles. The van der Waals surface area contributed by atoms with Gasteiger partial charge in [-0.15, -0.1) is 0 Å². The Morgan fingerprint density at radius 2 is 1.49 bits per heavy atom. The number of halogens is 3. The monoisotopic (exact) mass is 538 g/mol. The minimum Gasteiger partial charge on any atom is -0.434 e. The molecule has 0 saturated heterocycles. The summed E-state index contributed by atoms with van der Waals surface area (Å²) < 4.78 is 46.3. The van der Waals surface area contributed by atoms with Gasteiger partial charge < -0.3 is 14.6 Å². The molecule has 0 fully saturated rings. The molecule has 0 aliphatic rings. The number of aromatic nitrogens is 2. The van der Waals surface area contributed by atoms with Gasteiger partial charge in [0.2, 0.25) is 0 Å². The molecule has 3 aromatic carbocycles. The Hall–Kier alpha value is -3.85. The summed E-state index contributed by atoms with van der Waals surface area (Å²) in [7, 11) is 0. The van der Waals surface area contributed by atoms with Gasteiger partial charge in [0.1, 0.15) is 0 Å². The summed E-state index contributed by atoms with van der Waals surface area (Å²) >= 11 is 0. The highest BCUT2D eigenvalue weighted by Crippen LogP contribution is 2.31. The number of hydrogen-bond acceptors (Lipinski definition) is 5. The zero-order valence-electron chi connectivity index (χ0n) is 22.4. The van der Waals surface area contributed by atoms with Crippen molar-refractivity contribution in [2.75, 3.05) is 11.9 Å². The highest BCUT2D eigenvalue weighted by Gasteiger charge is 2.42. The van der Waals surface area contributed by atoms with Crippen LogP contribution in [0.2, 0.25) is 0 Å². The second kappa shape index (κ2) is 11.9. The Morgan fingerprint density at radius 1 is 0.923 bits per heavy atom. The van der Waals surface area contributed by atoms with Gasteiger partial charge in [-0.3, -0.25) is 4.90 Å². The van der Waals surface area contributed by atoms with Gasteiger partial charge in [0.05, 0.1) is 29.9 Å². The van der Waals surface area contributed by atoms with Crippen LogP contribution in [0.15, 0.2) is 85.2 Å². The standard InChI is InChI=1S/C30H33F3N4O2/c1-20(2)36(21(3)4)18-27(39-29(38)30(31,32)33)35-24-15-16-25-26(17-24)37(19-34-25)28(22-11-7-5-8-12-22)23-13-9-6-10-14-23/h5-17,19-21,27-28,35H,18H2,1-4H3. The zero-order chi connectivity index (χ0) is 28.2. The molecule has 1 aromatic heterocycles. The number of esters is 1. The second-order valence-electron chi connectivity index (χ2n) is 10.00. The summed E-state index contributed by atoms with van der Waals surface area (Å²) in [6.07, 6.45) is -4.56. The third-order valence-corrected chi connectivity index (χ3v) is 6.60. The number of imidazole rings is 1. The molecule has 1 heterocycles. The summed E-state index contributed by atoms with van der Waals surface area (Å²) in [6, 6.07) is 25.2. The van der Waals surface area contributed by atoms with Crippen LogP contribution in [-0.4, -0.2) is 51.5 Å². The first-order chi connectivity index (χ1) is 18.5. The summed E-state index contributed by atoms with van der Waals surface area (Å²) in [5.41, 5.74) is 4.14. The van der Waals surface area contributed by atoms with Gasteiger partial charge in [-0.1, -0.05) is 60.7 Å². The third-order valence-electron chi connectivity index (χ3n) is 6.60. The molecule has 0 spiro atoms. The molecule has 0 amide bonds. The molecule has 0 aliphatic carbocycles. The van der Waals surface area contributed by atoms with Crippen LogP contribution >= 0.6 is 0 Å². The number of nitrogens with zero attached hydrogens (tertiary/aromatic N) is 3. The number of nitrogens with one attached hydrogen (secondary N) is 1. The van der Waals surface area contributed by atoms with Gasteiger partial charge in [0, 0.05) is 17.8 Å². The smallest absolute Gasteiger partial charge is 0.434 e. The summed E-state index contributed by atoms with van der Waals surface area (Å²) in [5.74, 6) is -2.23. The van der Waals surface area contributed by atoms with Crippen LogP contribution in [0.25, 0.3) is 11.0 Å². The Kier molecular flexibility index (Phi) is 8.60. The van der Waals surface area contributed by atoms with Gasteiger partial charge in [0.15, 0.2) is 6.23 Å². The number of hydrogen-bond donors (Lipinski definition) is 1. The summed E-state index contributed by atoms with van der Waals surface area (Å²) in [5, 5.41) is 3.02. The molecule has 0 saturated carbocycles. The minimum atomic E-state index is -5.10. The Balaban J connectivity index is 1.72. The van der Waals surface area contributed by atoms with Crippen LogP contribution in [0.5, 0.6) is 0 Å². The van der Waals surface area contributed by atoms with E-state index in [0.29, 0.717) is 5.69 Å². The molecule has 1 atom stereocenters. The van der Waals surface area contributed by atoms with E-state index in [1.165, 1.54) is 0 Å². The van der Waals surface area contributed by atoms with Crippen molar-refractivity contribution in [3.05, 3.63) is 96.3 Å². The number of fused-ring (bicyclic) bond motifs is 1. The largest absolute Gasteiger partial charge is 0.491 e. The lowest BCUT2D eigenvalue weighted by atomic mass is 9.98. The molecule has 0 bridgehead atoms. The number of carbonyl (C=O) groups is 1. The lowest BCUT2D eigenvalue weighted by Crippen LogP contribution is -2.47. The van der Waals surface area contributed by atoms with Gasteiger partial charge in [-0.2, -0.15) is 13.2 Å². The maximum Gasteiger partial charge on any atom is 0.491 e. The Bertz CT molecular complexity index is 1320. The number of rotatable bonds is 10. The van der Waals surface area contributed by atoms with Crippen molar-refractivity contribution >= 4 is 22.7 Å². The average Bonchev–Trinajstić information content (AvgIpc) is 3.30. The normalized spacial score (nSPS) is 13.0. The van der Waals surface area contributed by atoms with E-state index >= 15 is 0 Å². The van der Waals surface area contributed by atoms with Crippen LogP contribution in [0.3, 0.4) is 0 Å². The van der Waals surface area contributed by atoms with E-state index in [9.17, 15) is 18.0 Å². The molecule has 39 heavy (non-hydrogen) atoms. The SMILES string of the molecule is CC(C)N(CC(Nc1ccc2ncn(C(c3ccccc3)c3ccccc3)c2c1)OC(=O)C(F)(F)F)C(C)C. The minimum absolute atomic E-state index is 0.0281. The molecular formula is C30H33F3N4O2. The van der Waals surface area contributed by atoms with E-state index in [4.69, 9.17) is 4.74 Å². The first-order valence-electron chi connectivity index (χ1n) is 12.9. The fourth-order valence-corrected chi connectivity index (χ4v) is 4.81. The van der Waals surface area contributed by atoms with E-state index in [1.807, 2.05) is 104 Å². The van der Waals surface area contributed by atoms with E-state index in [0.717, 1.165) is 22.2 Å². The Morgan fingerprint density at radius 3 is 2.00 bits per heavy atom. The molecule has 1 N–H and O–H groups in total. The van der Waals surface area contributed by atoms with Crippen LogP contribution < -0.4 is 5.32 Å². The van der Waals surface area contributed by atoms with Crippen molar-refractivity contribution < 1.29 is 22.7 Å². The lowest BCUT2D eigenvalue weighted by molar-refractivity contribution is -0.204. The van der Waals surface area contributed by atoms with Crippen LogP contribution in [-0.2, 0) is 9.53 Å². The van der Waals surface area contributed by atoms with E-state index in [-0.39, 0.29) is 24.7 Å². The van der Waals surface area contributed by atoms with Crippen LogP contribution in [0, 0.1) is 0 Å². The molecule has 4 aromatic rings. The first kappa shape index (κ1) is 28.2. The number of anilines is 1.